The van der Waals surface area contributed by atoms with Gasteiger partial charge in [0, 0.05) is 23.7 Å². The molecule has 4 heteroatoms. The van der Waals surface area contributed by atoms with Gasteiger partial charge < -0.3 is 4.74 Å². The maximum atomic E-state index is 12.4. The van der Waals surface area contributed by atoms with Crippen LogP contribution in [0.2, 0.25) is 0 Å². The lowest BCUT2D eigenvalue weighted by Crippen LogP contribution is -2.53. The summed E-state index contributed by atoms with van der Waals surface area (Å²) in [7, 11) is 0. The number of ketones is 1. The molecule has 0 spiro atoms. The summed E-state index contributed by atoms with van der Waals surface area (Å²) >= 11 is 0. The Balaban J connectivity index is 2.10. The van der Waals surface area contributed by atoms with E-state index in [-0.39, 0.29) is 46.1 Å². The van der Waals surface area contributed by atoms with Gasteiger partial charge in [0.25, 0.3) is 0 Å². The first-order valence-electron chi connectivity index (χ1n) is 8.79. The first-order valence-corrected chi connectivity index (χ1v) is 8.79. The van der Waals surface area contributed by atoms with E-state index in [9.17, 15) is 14.9 Å². The first kappa shape index (κ1) is 17.0. The topological polar surface area (TPSA) is 67.2 Å². The zero-order chi connectivity index (χ0) is 17.7. The molecule has 0 aromatic carbocycles. The summed E-state index contributed by atoms with van der Waals surface area (Å²) in [5, 5.41) is 9.39. The highest BCUT2D eigenvalue weighted by molar-refractivity contribution is 6.02. The van der Waals surface area contributed by atoms with Crippen LogP contribution in [-0.4, -0.2) is 17.9 Å². The highest BCUT2D eigenvalue weighted by atomic mass is 16.5. The number of nitrogens with zero attached hydrogens (tertiary/aromatic N) is 1. The average molecular weight is 327 g/mol. The van der Waals surface area contributed by atoms with Gasteiger partial charge in [0.1, 0.15) is 12.2 Å². The fraction of sp³-hybridized carbons (Fsp3) is 0.650. The molecule has 0 aromatic heterocycles. The molecule has 5 atom stereocenters. The molecule has 4 nitrogen and oxygen atoms in total. The summed E-state index contributed by atoms with van der Waals surface area (Å²) in [5.41, 5.74) is 0.994. The van der Waals surface area contributed by atoms with E-state index >= 15 is 0 Å². The second-order valence-electron chi connectivity index (χ2n) is 7.96. The van der Waals surface area contributed by atoms with Gasteiger partial charge in [0.2, 0.25) is 0 Å². The number of rotatable bonds is 1. The maximum Gasteiger partial charge on any atom is 0.302 e. The van der Waals surface area contributed by atoms with E-state index in [1.807, 2.05) is 13.0 Å². The predicted octanol–water partition coefficient (Wildman–Crippen LogP) is 3.73. The third-order valence-electron chi connectivity index (χ3n) is 6.58. The zero-order valence-electron chi connectivity index (χ0n) is 14.9. The molecule has 0 saturated heterocycles. The SMILES string of the molecule is CC(=O)O[C@@H]1CCC=C2[C@@]3(C)C=C(C#N)C(=O)[C@H](C)C3CC[C@]21C. The second kappa shape index (κ2) is 5.58. The molecule has 24 heavy (non-hydrogen) atoms. The highest BCUT2D eigenvalue weighted by Crippen LogP contribution is 2.62. The molecule has 3 aliphatic carbocycles. The number of esters is 1. The molecule has 0 radical (unpaired) electrons. The predicted molar refractivity (Wildman–Crippen MR) is 89.7 cm³/mol. The molecular weight excluding hydrogens is 302 g/mol. The van der Waals surface area contributed by atoms with Gasteiger partial charge in [-0.2, -0.15) is 5.26 Å². The monoisotopic (exact) mass is 327 g/mol. The Morgan fingerprint density at radius 1 is 1.38 bits per heavy atom. The van der Waals surface area contributed by atoms with Crippen molar-refractivity contribution in [2.45, 2.75) is 59.5 Å². The normalized spacial score (nSPS) is 41.3. The van der Waals surface area contributed by atoms with E-state index < -0.39 is 0 Å². The van der Waals surface area contributed by atoms with Gasteiger partial charge in [-0.05, 0) is 31.6 Å². The van der Waals surface area contributed by atoms with E-state index in [0.717, 1.165) is 25.7 Å². The Morgan fingerprint density at radius 2 is 2.08 bits per heavy atom. The number of carbonyl (C=O) groups excluding carboxylic acids is 2. The summed E-state index contributed by atoms with van der Waals surface area (Å²) < 4.78 is 5.66. The van der Waals surface area contributed by atoms with E-state index in [1.165, 1.54) is 12.5 Å². The third-order valence-corrected chi connectivity index (χ3v) is 6.58. The van der Waals surface area contributed by atoms with Crippen molar-refractivity contribution in [3.8, 4) is 6.07 Å². The van der Waals surface area contributed by atoms with Crippen molar-refractivity contribution in [2.24, 2.45) is 22.7 Å². The van der Waals surface area contributed by atoms with Gasteiger partial charge in [-0.3, -0.25) is 9.59 Å². The van der Waals surface area contributed by atoms with Crippen LogP contribution in [0.25, 0.3) is 0 Å². The van der Waals surface area contributed by atoms with E-state index in [2.05, 4.69) is 26.0 Å². The summed E-state index contributed by atoms with van der Waals surface area (Å²) in [6, 6.07) is 2.09. The number of carbonyl (C=O) groups is 2. The van der Waals surface area contributed by atoms with Crippen LogP contribution < -0.4 is 0 Å². The summed E-state index contributed by atoms with van der Waals surface area (Å²) in [6.45, 7) is 7.74. The van der Waals surface area contributed by atoms with Crippen molar-refractivity contribution >= 4 is 11.8 Å². The van der Waals surface area contributed by atoms with Crippen molar-refractivity contribution < 1.29 is 14.3 Å². The Kier molecular flexibility index (Phi) is 3.94. The summed E-state index contributed by atoms with van der Waals surface area (Å²) in [6.07, 6.45) is 7.54. The molecular formula is C20H25NO3. The zero-order valence-corrected chi connectivity index (χ0v) is 14.9. The number of hydrogen-bond donors (Lipinski definition) is 0. The smallest absolute Gasteiger partial charge is 0.302 e. The number of nitriles is 1. The lowest BCUT2D eigenvalue weighted by molar-refractivity contribution is -0.155. The fourth-order valence-electron chi connectivity index (χ4n) is 5.42. The maximum absolute atomic E-state index is 12.4. The van der Waals surface area contributed by atoms with Crippen LogP contribution >= 0.6 is 0 Å². The molecule has 0 bridgehead atoms. The number of Topliss-reactive ketones (excluding diaryl/α,β-unsaturated/α-hetero) is 1. The van der Waals surface area contributed by atoms with Crippen molar-refractivity contribution in [3.05, 3.63) is 23.3 Å². The highest BCUT2D eigenvalue weighted by Gasteiger charge is 2.57. The van der Waals surface area contributed by atoms with Crippen LogP contribution in [0.15, 0.2) is 23.3 Å². The van der Waals surface area contributed by atoms with Crippen LogP contribution in [0.3, 0.4) is 0 Å². The Bertz CT molecular complexity index is 698. The largest absolute Gasteiger partial charge is 0.462 e. The molecule has 3 aliphatic rings. The molecule has 1 fully saturated rings. The molecule has 0 heterocycles. The first-order chi connectivity index (χ1) is 11.2. The number of ether oxygens (including phenoxy) is 1. The lowest BCUT2D eigenvalue weighted by atomic mass is 9.47. The lowest BCUT2D eigenvalue weighted by Gasteiger charge is -2.57. The molecule has 0 N–H and O–H groups in total. The van der Waals surface area contributed by atoms with Crippen molar-refractivity contribution in [1.82, 2.24) is 0 Å². The molecule has 0 amide bonds. The number of allylic oxidation sites excluding steroid dienone is 3. The van der Waals surface area contributed by atoms with Gasteiger partial charge in [0.05, 0.1) is 5.57 Å². The fourth-order valence-corrected chi connectivity index (χ4v) is 5.42. The summed E-state index contributed by atoms with van der Waals surface area (Å²) in [4.78, 5) is 24.0. The van der Waals surface area contributed by atoms with Gasteiger partial charge in [-0.1, -0.05) is 38.5 Å². The van der Waals surface area contributed by atoms with Crippen molar-refractivity contribution in [2.75, 3.05) is 0 Å². The van der Waals surface area contributed by atoms with E-state index in [4.69, 9.17) is 4.74 Å². The van der Waals surface area contributed by atoms with Gasteiger partial charge in [-0.15, -0.1) is 0 Å². The molecule has 1 unspecified atom stereocenters. The minimum atomic E-state index is -0.315. The minimum absolute atomic E-state index is 0.0310. The van der Waals surface area contributed by atoms with Crippen LogP contribution in [0.5, 0.6) is 0 Å². The minimum Gasteiger partial charge on any atom is -0.462 e. The van der Waals surface area contributed by atoms with Gasteiger partial charge in [-0.25, -0.2) is 0 Å². The molecule has 3 rings (SSSR count). The van der Waals surface area contributed by atoms with Gasteiger partial charge >= 0.3 is 5.97 Å². The standard InChI is InChI=1S/C20H25NO3/c1-12-15-8-9-19(3)16(6-5-7-17(19)24-13(2)22)20(15,4)10-14(11-21)18(12)23/h6,10,12,15,17H,5,7-9H2,1-4H3/t12-,15?,17-,19-,20+/m1/s1. The Labute approximate surface area is 143 Å². The van der Waals surface area contributed by atoms with Gasteiger partial charge in [0.15, 0.2) is 5.78 Å². The molecule has 0 aromatic rings. The average Bonchev–Trinajstić information content (AvgIpc) is 2.52. The van der Waals surface area contributed by atoms with Crippen LogP contribution in [-0.2, 0) is 14.3 Å². The Hall–Kier alpha value is -1.89. The number of hydrogen-bond acceptors (Lipinski definition) is 4. The van der Waals surface area contributed by atoms with E-state index in [0.29, 0.717) is 0 Å². The molecule has 1 saturated carbocycles. The third kappa shape index (κ3) is 2.25. The molecule has 0 aliphatic heterocycles. The quantitative estimate of drug-likeness (QED) is 0.543. The second-order valence-corrected chi connectivity index (χ2v) is 7.96. The van der Waals surface area contributed by atoms with Crippen molar-refractivity contribution in [1.29, 1.82) is 5.26 Å². The Morgan fingerprint density at radius 3 is 2.71 bits per heavy atom. The van der Waals surface area contributed by atoms with Crippen LogP contribution in [0.4, 0.5) is 0 Å². The van der Waals surface area contributed by atoms with Crippen LogP contribution in [0, 0.1) is 34.0 Å². The van der Waals surface area contributed by atoms with E-state index in [1.54, 1.807) is 0 Å². The van der Waals surface area contributed by atoms with Crippen LogP contribution in [0.1, 0.15) is 53.4 Å². The summed E-state index contributed by atoms with van der Waals surface area (Å²) in [5.74, 6) is -0.210. The van der Waals surface area contributed by atoms with Crippen molar-refractivity contribution in [3.63, 3.8) is 0 Å². The number of fused-ring (bicyclic) bond motifs is 3. The molecule has 128 valence electrons.